The second kappa shape index (κ2) is 5.43. The fraction of sp³-hybridized carbons (Fsp3) is 0.353. The predicted octanol–water partition coefficient (Wildman–Crippen LogP) is 4.38. The summed E-state index contributed by atoms with van der Waals surface area (Å²) in [5, 5.41) is 0. The molecule has 19 heavy (non-hydrogen) atoms. The molecule has 0 saturated heterocycles. The molecule has 1 aromatic heterocycles. The first-order valence-corrected chi connectivity index (χ1v) is 7.02. The van der Waals surface area contributed by atoms with Gasteiger partial charge in [0.2, 0.25) is 0 Å². The van der Waals surface area contributed by atoms with Gasteiger partial charge in [-0.25, -0.2) is 0 Å². The Kier molecular flexibility index (Phi) is 3.49. The summed E-state index contributed by atoms with van der Waals surface area (Å²) in [5.41, 5.74) is 3.14. The van der Waals surface area contributed by atoms with Crippen molar-refractivity contribution in [3.05, 3.63) is 48.2 Å². The molecular formula is C17H19NO. The number of ether oxygens (including phenoxy) is 1. The molecule has 1 aromatic carbocycles. The third-order valence-corrected chi connectivity index (χ3v) is 3.60. The average molecular weight is 253 g/mol. The molecule has 0 unspecified atom stereocenters. The van der Waals surface area contributed by atoms with Crippen molar-refractivity contribution < 1.29 is 4.74 Å². The lowest BCUT2D eigenvalue weighted by Gasteiger charge is -2.14. The normalized spacial score (nSPS) is 15.6. The minimum absolute atomic E-state index is 0.394. The minimum Gasteiger partial charge on any atom is -0.490 e. The molecule has 0 spiro atoms. The maximum Gasteiger partial charge on any atom is 0.123 e. The van der Waals surface area contributed by atoms with E-state index in [9.17, 15) is 0 Å². The van der Waals surface area contributed by atoms with E-state index in [1.807, 2.05) is 31.2 Å². The van der Waals surface area contributed by atoms with Crippen LogP contribution < -0.4 is 4.74 Å². The second-order valence-electron chi connectivity index (χ2n) is 5.22. The van der Waals surface area contributed by atoms with Gasteiger partial charge < -0.3 is 4.74 Å². The molecular weight excluding hydrogens is 234 g/mol. The van der Waals surface area contributed by atoms with Crippen LogP contribution in [-0.2, 0) is 0 Å². The Balaban J connectivity index is 1.87. The lowest BCUT2D eigenvalue weighted by Crippen LogP contribution is -2.11. The highest BCUT2D eigenvalue weighted by atomic mass is 16.5. The van der Waals surface area contributed by atoms with Gasteiger partial charge in [-0.2, -0.15) is 0 Å². The molecule has 1 saturated carbocycles. The van der Waals surface area contributed by atoms with Crippen LogP contribution in [0.5, 0.6) is 5.75 Å². The predicted molar refractivity (Wildman–Crippen MR) is 77.3 cm³/mol. The van der Waals surface area contributed by atoms with E-state index in [-0.39, 0.29) is 0 Å². The number of nitrogens with zero attached hydrogens (tertiary/aromatic N) is 1. The van der Waals surface area contributed by atoms with Crippen LogP contribution in [0.25, 0.3) is 11.3 Å². The van der Waals surface area contributed by atoms with E-state index in [1.54, 1.807) is 0 Å². The summed E-state index contributed by atoms with van der Waals surface area (Å²) >= 11 is 0. The lowest BCUT2D eigenvalue weighted by atomic mass is 10.1. The molecule has 2 heteroatoms. The Labute approximate surface area is 114 Å². The van der Waals surface area contributed by atoms with Crippen molar-refractivity contribution in [2.45, 2.75) is 38.7 Å². The summed E-state index contributed by atoms with van der Waals surface area (Å²) in [6.45, 7) is 2.02. The summed E-state index contributed by atoms with van der Waals surface area (Å²) in [7, 11) is 0. The first-order chi connectivity index (χ1) is 9.31. The van der Waals surface area contributed by atoms with E-state index in [1.165, 1.54) is 25.7 Å². The fourth-order valence-electron chi connectivity index (χ4n) is 2.66. The Hall–Kier alpha value is -1.83. The zero-order chi connectivity index (χ0) is 13.1. The first kappa shape index (κ1) is 12.2. The fourth-order valence-corrected chi connectivity index (χ4v) is 2.66. The molecule has 1 aliphatic rings. The van der Waals surface area contributed by atoms with E-state index < -0.39 is 0 Å². The summed E-state index contributed by atoms with van der Waals surface area (Å²) in [4.78, 5) is 4.60. The van der Waals surface area contributed by atoms with Gasteiger partial charge in [0.15, 0.2) is 0 Å². The molecule has 0 radical (unpaired) electrons. The van der Waals surface area contributed by atoms with E-state index in [4.69, 9.17) is 4.74 Å². The van der Waals surface area contributed by atoms with E-state index >= 15 is 0 Å². The maximum absolute atomic E-state index is 6.08. The van der Waals surface area contributed by atoms with E-state index in [0.717, 1.165) is 22.7 Å². The van der Waals surface area contributed by atoms with Crippen LogP contribution in [0.1, 0.15) is 31.4 Å². The highest BCUT2D eigenvalue weighted by Gasteiger charge is 2.17. The topological polar surface area (TPSA) is 22.1 Å². The van der Waals surface area contributed by atoms with Crippen molar-refractivity contribution in [3.8, 4) is 17.0 Å². The first-order valence-electron chi connectivity index (χ1n) is 7.02. The zero-order valence-electron chi connectivity index (χ0n) is 11.3. The molecule has 0 N–H and O–H groups in total. The number of hydrogen-bond acceptors (Lipinski definition) is 2. The Morgan fingerprint density at radius 2 is 1.79 bits per heavy atom. The standard InChI is InChI=1S/C17H19NO/c1-13-11-16(19-15-9-5-6-10-15)12-17(18-13)14-7-3-2-4-8-14/h2-4,7-8,11-12,15H,5-6,9-10H2,1H3. The summed E-state index contributed by atoms with van der Waals surface area (Å²) in [6, 6.07) is 14.4. The summed E-state index contributed by atoms with van der Waals surface area (Å²) < 4.78 is 6.08. The second-order valence-corrected chi connectivity index (χ2v) is 5.22. The van der Waals surface area contributed by atoms with E-state index in [0.29, 0.717) is 6.10 Å². The molecule has 0 bridgehead atoms. The monoisotopic (exact) mass is 253 g/mol. The van der Waals surface area contributed by atoms with Gasteiger partial charge >= 0.3 is 0 Å². The highest BCUT2D eigenvalue weighted by Crippen LogP contribution is 2.27. The van der Waals surface area contributed by atoms with Crippen LogP contribution in [0.4, 0.5) is 0 Å². The smallest absolute Gasteiger partial charge is 0.123 e. The van der Waals surface area contributed by atoms with Gasteiger partial charge in [-0.1, -0.05) is 30.3 Å². The number of aromatic nitrogens is 1. The Morgan fingerprint density at radius 3 is 2.53 bits per heavy atom. The zero-order valence-corrected chi connectivity index (χ0v) is 11.3. The van der Waals surface area contributed by atoms with Gasteiger partial charge in [-0.3, -0.25) is 4.98 Å². The number of pyridine rings is 1. The third kappa shape index (κ3) is 2.95. The molecule has 1 heterocycles. The van der Waals surface area contributed by atoms with Crippen molar-refractivity contribution in [1.29, 1.82) is 0 Å². The van der Waals surface area contributed by atoms with E-state index in [2.05, 4.69) is 23.2 Å². The molecule has 98 valence electrons. The average Bonchev–Trinajstić information content (AvgIpc) is 2.92. The lowest BCUT2D eigenvalue weighted by molar-refractivity contribution is 0.210. The third-order valence-electron chi connectivity index (χ3n) is 3.60. The van der Waals surface area contributed by atoms with Crippen LogP contribution in [-0.4, -0.2) is 11.1 Å². The van der Waals surface area contributed by atoms with Crippen molar-refractivity contribution in [1.82, 2.24) is 4.98 Å². The number of benzene rings is 1. The van der Waals surface area contributed by atoms with Crippen molar-refractivity contribution >= 4 is 0 Å². The molecule has 3 rings (SSSR count). The number of aryl methyl sites for hydroxylation is 1. The van der Waals surface area contributed by atoms with Crippen LogP contribution in [0.3, 0.4) is 0 Å². The van der Waals surface area contributed by atoms with Gasteiger partial charge in [0.05, 0.1) is 11.8 Å². The molecule has 0 atom stereocenters. The summed E-state index contributed by atoms with van der Waals surface area (Å²) in [5.74, 6) is 0.957. The SMILES string of the molecule is Cc1cc(OC2CCCC2)cc(-c2ccccc2)n1. The molecule has 2 aromatic rings. The van der Waals surface area contributed by atoms with Gasteiger partial charge in [0.1, 0.15) is 5.75 Å². The van der Waals surface area contributed by atoms with Gasteiger partial charge in [0.25, 0.3) is 0 Å². The van der Waals surface area contributed by atoms with Gasteiger partial charge in [-0.05, 0) is 32.6 Å². The van der Waals surface area contributed by atoms with Crippen molar-refractivity contribution in [3.63, 3.8) is 0 Å². The van der Waals surface area contributed by atoms with Gasteiger partial charge in [-0.15, -0.1) is 0 Å². The van der Waals surface area contributed by atoms with Crippen LogP contribution >= 0.6 is 0 Å². The quantitative estimate of drug-likeness (QED) is 0.810. The van der Waals surface area contributed by atoms with Crippen LogP contribution in [0.2, 0.25) is 0 Å². The largest absolute Gasteiger partial charge is 0.490 e. The summed E-state index contributed by atoms with van der Waals surface area (Å²) in [6.07, 6.45) is 5.34. The highest BCUT2D eigenvalue weighted by molar-refractivity contribution is 5.60. The minimum atomic E-state index is 0.394. The number of hydrogen-bond donors (Lipinski definition) is 0. The Morgan fingerprint density at radius 1 is 1.05 bits per heavy atom. The van der Waals surface area contributed by atoms with Crippen LogP contribution in [0.15, 0.2) is 42.5 Å². The van der Waals surface area contributed by atoms with Gasteiger partial charge in [0, 0.05) is 23.4 Å². The Bertz CT molecular complexity index is 544. The molecule has 1 aliphatic carbocycles. The van der Waals surface area contributed by atoms with Crippen molar-refractivity contribution in [2.24, 2.45) is 0 Å². The molecule has 0 aliphatic heterocycles. The maximum atomic E-state index is 6.08. The number of rotatable bonds is 3. The molecule has 1 fully saturated rings. The molecule has 2 nitrogen and oxygen atoms in total. The van der Waals surface area contributed by atoms with Crippen LogP contribution in [0, 0.1) is 6.92 Å². The van der Waals surface area contributed by atoms with Crippen molar-refractivity contribution in [2.75, 3.05) is 0 Å². The molecule has 0 amide bonds.